The number of rotatable bonds is 5. The van der Waals surface area contributed by atoms with Gasteiger partial charge in [0.15, 0.2) is 11.5 Å². The summed E-state index contributed by atoms with van der Waals surface area (Å²) in [7, 11) is 0. The lowest BCUT2D eigenvalue weighted by atomic mass is 9.93. The molecule has 1 aromatic carbocycles. The minimum Gasteiger partial charge on any atom is -0.486 e. The van der Waals surface area contributed by atoms with Crippen molar-refractivity contribution in [1.82, 2.24) is 4.90 Å². The number of benzene rings is 1. The Morgan fingerprint density at radius 2 is 2.00 bits per heavy atom. The normalized spacial score (nSPS) is 18.5. The van der Waals surface area contributed by atoms with Crippen molar-refractivity contribution in [1.29, 1.82) is 0 Å². The van der Waals surface area contributed by atoms with Gasteiger partial charge in [-0.05, 0) is 38.3 Å². The first kappa shape index (κ1) is 17.3. The van der Waals surface area contributed by atoms with Gasteiger partial charge in [0, 0.05) is 24.2 Å². The molecular weight excluding hydrogens is 320 g/mol. The molecule has 0 radical (unpaired) electrons. The van der Waals surface area contributed by atoms with Crippen LogP contribution >= 0.6 is 0 Å². The molecule has 0 spiro atoms. The molecule has 1 N–H and O–H groups in total. The maximum atomic E-state index is 12.6. The first-order chi connectivity index (χ1) is 12.2. The summed E-state index contributed by atoms with van der Waals surface area (Å²) in [5.74, 6) is 1.15. The van der Waals surface area contributed by atoms with E-state index in [4.69, 9.17) is 9.47 Å². The molecular formula is C19H24N2O4. The number of anilines is 1. The van der Waals surface area contributed by atoms with Gasteiger partial charge in [0.25, 0.3) is 0 Å². The summed E-state index contributed by atoms with van der Waals surface area (Å²) in [5, 5.41) is 2.83. The zero-order valence-electron chi connectivity index (χ0n) is 14.5. The fourth-order valence-corrected chi connectivity index (χ4v) is 3.12. The fraction of sp³-hybridized carbons (Fsp3) is 0.474. The fourth-order valence-electron chi connectivity index (χ4n) is 3.12. The Bertz CT molecular complexity index is 671. The minimum absolute atomic E-state index is 0.00737. The molecule has 0 aromatic heterocycles. The van der Waals surface area contributed by atoms with Gasteiger partial charge in [0.1, 0.15) is 13.2 Å². The second-order valence-corrected chi connectivity index (χ2v) is 6.24. The highest BCUT2D eigenvalue weighted by Gasteiger charge is 2.25. The number of nitrogens with one attached hydrogen (secondary N) is 1. The van der Waals surface area contributed by atoms with Gasteiger partial charge in [-0.2, -0.15) is 0 Å². The number of carbonyl (C=O) groups is 2. The van der Waals surface area contributed by atoms with Crippen molar-refractivity contribution in [2.24, 2.45) is 5.92 Å². The van der Waals surface area contributed by atoms with E-state index in [1.165, 1.54) is 0 Å². The molecule has 1 aliphatic heterocycles. The van der Waals surface area contributed by atoms with E-state index in [9.17, 15) is 9.59 Å². The Balaban J connectivity index is 1.58. The van der Waals surface area contributed by atoms with Crippen molar-refractivity contribution in [2.75, 3.05) is 31.6 Å². The molecule has 2 amide bonds. The molecule has 0 saturated carbocycles. The third kappa shape index (κ3) is 4.32. The highest BCUT2D eigenvalue weighted by molar-refractivity contribution is 5.95. The molecule has 1 atom stereocenters. The number of carbonyl (C=O) groups excluding carboxylic acids is 2. The van der Waals surface area contributed by atoms with Crippen LogP contribution in [0.15, 0.2) is 30.4 Å². The van der Waals surface area contributed by atoms with Crippen molar-refractivity contribution in [2.45, 2.75) is 26.2 Å². The van der Waals surface area contributed by atoms with Gasteiger partial charge >= 0.3 is 0 Å². The average molecular weight is 344 g/mol. The van der Waals surface area contributed by atoms with Crippen LogP contribution in [0, 0.1) is 5.92 Å². The Kier molecular flexibility index (Phi) is 5.58. The maximum absolute atomic E-state index is 12.6. The van der Waals surface area contributed by atoms with Crippen molar-refractivity contribution >= 4 is 17.5 Å². The number of likely N-dealkylation sites (N-methyl/N-ethyl adjacent to an activating group) is 1. The predicted octanol–water partition coefficient (Wildman–Crippen LogP) is 2.60. The number of ether oxygens (including phenoxy) is 2. The summed E-state index contributed by atoms with van der Waals surface area (Å²) in [4.78, 5) is 26.6. The lowest BCUT2D eigenvalue weighted by molar-refractivity contribution is -0.138. The van der Waals surface area contributed by atoms with Crippen LogP contribution in [-0.4, -0.2) is 43.0 Å². The van der Waals surface area contributed by atoms with Crippen molar-refractivity contribution in [3.8, 4) is 11.5 Å². The van der Waals surface area contributed by atoms with Crippen LogP contribution in [0.3, 0.4) is 0 Å². The zero-order valence-corrected chi connectivity index (χ0v) is 14.5. The SMILES string of the molecule is CCN(CC(=O)Nc1ccc2c(c1)OCCO2)C(=O)C1CC=CCC1. The van der Waals surface area contributed by atoms with Gasteiger partial charge in [-0.1, -0.05) is 12.2 Å². The van der Waals surface area contributed by atoms with E-state index in [1.54, 1.807) is 23.1 Å². The van der Waals surface area contributed by atoms with Gasteiger partial charge in [0.2, 0.25) is 11.8 Å². The Hall–Kier alpha value is -2.50. The second kappa shape index (κ2) is 8.05. The summed E-state index contributed by atoms with van der Waals surface area (Å²) in [6.45, 7) is 3.51. The number of allylic oxidation sites excluding steroid dienone is 2. The Labute approximate surface area is 147 Å². The monoisotopic (exact) mass is 344 g/mol. The molecule has 0 bridgehead atoms. The van der Waals surface area contributed by atoms with Crippen LogP contribution < -0.4 is 14.8 Å². The second-order valence-electron chi connectivity index (χ2n) is 6.24. The molecule has 6 nitrogen and oxygen atoms in total. The minimum atomic E-state index is -0.210. The standard InChI is InChI=1S/C19H24N2O4/c1-2-21(19(23)14-6-4-3-5-7-14)13-18(22)20-15-8-9-16-17(12-15)25-11-10-24-16/h3-4,8-9,12,14H,2,5-7,10-11,13H2,1H3,(H,20,22). The third-order valence-electron chi connectivity index (χ3n) is 4.47. The molecule has 25 heavy (non-hydrogen) atoms. The van der Waals surface area contributed by atoms with E-state index in [2.05, 4.69) is 17.5 Å². The van der Waals surface area contributed by atoms with Gasteiger partial charge in [-0.3, -0.25) is 9.59 Å². The molecule has 1 aromatic rings. The Morgan fingerprint density at radius 3 is 2.72 bits per heavy atom. The van der Waals surface area contributed by atoms with E-state index in [0.29, 0.717) is 36.9 Å². The number of fused-ring (bicyclic) bond motifs is 1. The molecule has 1 unspecified atom stereocenters. The topological polar surface area (TPSA) is 67.9 Å². The largest absolute Gasteiger partial charge is 0.486 e. The van der Waals surface area contributed by atoms with Gasteiger partial charge in [0.05, 0.1) is 6.54 Å². The smallest absolute Gasteiger partial charge is 0.243 e. The van der Waals surface area contributed by atoms with Gasteiger partial charge < -0.3 is 19.7 Å². The summed E-state index contributed by atoms with van der Waals surface area (Å²) in [5.41, 5.74) is 0.637. The van der Waals surface area contributed by atoms with E-state index in [1.807, 2.05) is 6.92 Å². The quantitative estimate of drug-likeness (QED) is 0.834. The summed E-state index contributed by atoms with van der Waals surface area (Å²) in [6, 6.07) is 5.30. The highest BCUT2D eigenvalue weighted by atomic mass is 16.6. The van der Waals surface area contributed by atoms with E-state index in [-0.39, 0.29) is 24.3 Å². The lowest BCUT2D eigenvalue weighted by Gasteiger charge is -2.26. The summed E-state index contributed by atoms with van der Waals surface area (Å²) < 4.78 is 11.0. The molecule has 0 saturated heterocycles. The summed E-state index contributed by atoms with van der Waals surface area (Å²) >= 11 is 0. The van der Waals surface area contributed by atoms with Crippen molar-refractivity contribution in [3.63, 3.8) is 0 Å². The van der Waals surface area contributed by atoms with E-state index in [0.717, 1.165) is 19.3 Å². The van der Waals surface area contributed by atoms with Gasteiger partial charge in [-0.25, -0.2) is 0 Å². The van der Waals surface area contributed by atoms with Crippen LogP contribution in [0.4, 0.5) is 5.69 Å². The molecule has 134 valence electrons. The lowest BCUT2D eigenvalue weighted by Crippen LogP contribution is -2.41. The highest BCUT2D eigenvalue weighted by Crippen LogP contribution is 2.32. The average Bonchev–Trinajstić information content (AvgIpc) is 2.66. The van der Waals surface area contributed by atoms with Crippen LogP contribution in [0.5, 0.6) is 11.5 Å². The molecule has 6 heteroatoms. The van der Waals surface area contributed by atoms with Crippen LogP contribution in [0.25, 0.3) is 0 Å². The van der Waals surface area contributed by atoms with Crippen molar-refractivity contribution in [3.05, 3.63) is 30.4 Å². The number of hydrogen-bond donors (Lipinski definition) is 1. The molecule has 1 heterocycles. The van der Waals surface area contributed by atoms with E-state index >= 15 is 0 Å². The molecule has 2 aliphatic rings. The number of hydrogen-bond acceptors (Lipinski definition) is 4. The maximum Gasteiger partial charge on any atom is 0.243 e. The van der Waals surface area contributed by atoms with Gasteiger partial charge in [-0.15, -0.1) is 0 Å². The van der Waals surface area contributed by atoms with Crippen LogP contribution in [-0.2, 0) is 9.59 Å². The Morgan fingerprint density at radius 1 is 1.20 bits per heavy atom. The summed E-state index contributed by atoms with van der Waals surface area (Å²) in [6.07, 6.45) is 6.70. The first-order valence-corrected chi connectivity index (χ1v) is 8.80. The number of nitrogens with zero attached hydrogens (tertiary/aromatic N) is 1. The first-order valence-electron chi connectivity index (χ1n) is 8.80. The van der Waals surface area contributed by atoms with Crippen LogP contribution in [0.1, 0.15) is 26.2 Å². The molecule has 3 rings (SSSR count). The predicted molar refractivity (Wildman–Crippen MR) is 94.8 cm³/mol. The third-order valence-corrected chi connectivity index (χ3v) is 4.47. The number of amides is 2. The zero-order chi connectivity index (χ0) is 17.6. The van der Waals surface area contributed by atoms with E-state index < -0.39 is 0 Å². The van der Waals surface area contributed by atoms with Crippen LogP contribution in [0.2, 0.25) is 0 Å². The molecule has 1 aliphatic carbocycles. The van der Waals surface area contributed by atoms with Crippen molar-refractivity contribution < 1.29 is 19.1 Å². The molecule has 0 fully saturated rings.